The SMILES string of the molecule is Fc1cc(C(F)(F)F)ccc1OC1C[C@H]2CNC[C@H]2C1. The number of fused-ring (bicyclic) bond motifs is 1. The summed E-state index contributed by atoms with van der Waals surface area (Å²) in [6, 6.07) is 2.42. The van der Waals surface area contributed by atoms with Crippen molar-refractivity contribution in [3.63, 3.8) is 0 Å². The molecule has 1 aromatic rings. The van der Waals surface area contributed by atoms with Crippen LogP contribution in [0.3, 0.4) is 0 Å². The van der Waals surface area contributed by atoms with Gasteiger partial charge in [-0.05, 0) is 56.0 Å². The van der Waals surface area contributed by atoms with E-state index in [2.05, 4.69) is 5.32 Å². The first kappa shape index (κ1) is 13.7. The molecule has 2 fully saturated rings. The maximum absolute atomic E-state index is 13.7. The van der Waals surface area contributed by atoms with Crippen molar-refractivity contribution in [2.24, 2.45) is 11.8 Å². The van der Waals surface area contributed by atoms with Gasteiger partial charge in [-0.15, -0.1) is 0 Å². The van der Waals surface area contributed by atoms with Crippen molar-refractivity contribution in [2.75, 3.05) is 13.1 Å². The second kappa shape index (κ2) is 4.91. The second-order valence-electron chi connectivity index (χ2n) is 5.53. The number of rotatable bonds is 2. The molecule has 1 saturated carbocycles. The fourth-order valence-corrected chi connectivity index (χ4v) is 3.16. The van der Waals surface area contributed by atoms with E-state index in [9.17, 15) is 17.6 Å². The zero-order valence-corrected chi connectivity index (χ0v) is 10.7. The Morgan fingerprint density at radius 2 is 1.75 bits per heavy atom. The summed E-state index contributed by atoms with van der Waals surface area (Å²) in [6.45, 7) is 1.89. The first-order valence-electron chi connectivity index (χ1n) is 6.67. The molecule has 110 valence electrons. The number of halogens is 4. The van der Waals surface area contributed by atoms with Crippen molar-refractivity contribution in [1.29, 1.82) is 0 Å². The summed E-state index contributed by atoms with van der Waals surface area (Å²) in [5.41, 5.74) is -0.991. The first-order chi connectivity index (χ1) is 9.43. The lowest BCUT2D eigenvalue weighted by molar-refractivity contribution is -0.137. The third kappa shape index (κ3) is 2.61. The molecule has 0 radical (unpaired) electrons. The van der Waals surface area contributed by atoms with E-state index >= 15 is 0 Å². The zero-order chi connectivity index (χ0) is 14.3. The third-order valence-corrected chi connectivity index (χ3v) is 4.16. The lowest BCUT2D eigenvalue weighted by Crippen LogP contribution is -2.19. The van der Waals surface area contributed by atoms with E-state index in [0.717, 1.165) is 38.1 Å². The molecule has 20 heavy (non-hydrogen) atoms. The molecule has 3 rings (SSSR count). The Kier molecular flexibility index (Phi) is 3.36. The van der Waals surface area contributed by atoms with Gasteiger partial charge in [0.25, 0.3) is 0 Å². The highest BCUT2D eigenvalue weighted by atomic mass is 19.4. The molecule has 1 saturated heterocycles. The topological polar surface area (TPSA) is 21.3 Å². The number of hydrogen-bond donors (Lipinski definition) is 1. The Morgan fingerprint density at radius 1 is 1.10 bits per heavy atom. The lowest BCUT2D eigenvalue weighted by atomic mass is 10.0. The molecule has 0 spiro atoms. The molecule has 1 unspecified atom stereocenters. The van der Waals surface area contributed by atoms with E-state index in [1.54, 1.807) is 0 Å². The molecule has 3 atom stereocenters. The molecular formula is C14H15F4NO. The molecule has 1 aliphatic heterocycles. The molecule has 2 aliphatic rings. The molecule has 2 nitrogen and oxygen atoms in total. The van der Waals surface area contributed by atoms with E-state index in [-0.39, 0.29) is 11.9 Å². The largest absolute Gasteiger partial charge is 0.487 e. The number of nitrogens with one attached hydrogen (secondary N) is 1. The van der Waals surface area contributed by atoms with E-state index in [0.29, 0.717) is 17.9 Å². The molecule has 6 heteroatoms. The van der Waals surface area contributed by atoms with Crippen LogP contribution >= 0.6 is 0 Å². The molecule has 0 amide bonds. The minimum Gasteiger partial charge on any atom is -0.487 e. The Balaban J connectivity index is 1.69. The quantitative estimate of drug-likeness (QED) is 0.844. The summed E-state index contributed by atoms with van der Waals surface area (Å²) in [5, 5.41) is 3.29. The normalized spacial score (nSPS) is 29.5. The van der Waals surface area contributed by atoms with Crippen molar-refractivity contribution < 1.29 is 22.3 Å². The van der Waals surface area contributed by atoms with Crippen LogP contribution < -0.4 is 10.1 Å². The number of hydrogen-bond acceptors (Lipinski definition) is 2. The summed E-state index contributed by atoms with van der Waals surface area (Å²) in [4.78, 5) is 0. The maximum atomic E-state index is 13.7. The van der Waals surface area contributed by atoms with Crippen molar-refractivity contribution in [3.8, 4) is 5.75 Å². The standard InChI is InChI=1S/C14H15F4NO/c15-12-5-10(14(16,17)18)1-2-13(12)20-11-3-8-6-19-7-9(8)4-11/h1-2,5,8-9,11,19H,3-4,6-7H2/t8-,9+,11?. The van der Waals surface area contributed by atoms with Gasteiger partial charge in [0.15, 0.2) is 11.6 Å². The van der Waals surface area contributed by atoms with Crippen LogP contribution in [-0.4, -0.2) is 19.2 Å². The van der Waals surface area contributed by atoms with Crippen molar-refractivity contribution >= 4 is 0 Å². The second-order valence-corrected chi connectivity index (χ2v) is 5.53. The summed E-state index contributed by atoms with van der Waals surface area (Å²) in [5.74, 6) is 0.0426. The smallest absolute Gasteiger partial charge is 0.416 e. The highest BCUT2D eigenvalue weighted by Gasteiger charge is 2.39. The Labute approximate surface area is 114 Å². The van der Waals surface area contributed by atoms with Crippen molar-refractivity contribution in [1.82, 2.24) is 5.32 Å². The van der Waals surface area contributed by atoms with Crippen LogP contribution in [0.15, 0.2) is 18.2 Å². The van der Waals surface area contributed by atoms with Gasteiger partial charge in [0, 0.05) is 0 Å². The fourth-order valence-electron chi connectivity index (χ4n) is 3.16. The highest BCUT2D eigenvalue weighted by Crippen LogP contribution is 2.38. The highest BCUT2D eigenvalue weighted by molar-refractivity contribution is 5.31. The van der Waals surface area contributed by atoms with Gasteiger partial charge >= 0.3 is 6.18 Å². The van der Waals surface area contributed by atoms with Gasteiger partial charge in [0.2, 0.25) is 0 Å². The Bertz CT molecular complexity index is 490. The van der Waals surface area contributed by atoms with Gasteiger partial charge in [-0.25, -0.2) is 4.39 Å². The number of benzene rings is 1. The summed E-state index contributed by atoms with van der Waals surface area (Å²) < 4.78 is 56.6. The van der Waals surface area contributed by atoms with Gasteiger partial charge in [0.05, 0.1) is 11.7 Å². The molecular weight excluding hydrogens is 274 g/mol. The Hall–Kier alpha value is -1.30. The van der Waals surface area contributed by atoms with Gasteiger partial charge in [-0.2, -0.15) is 13.2 Å². The lowest BCUT2D eigenvalue weighted by Gasteiger charge is -2.16. The average molecular weight is 289 g/mol. The van der Waals surface area contributed by atoms with Gasteiger partial charge in [-0.1, -0.05) is 0 Å². The minimum absolute atomic E-state index is 0.0871. The monoisotopic (exact) mass is 289 g/mol. The summed E-state index contributed by atoms with van der Waals surface area (Å²) in [7, 11) is 0. The van der Waals surface area contributed by atoms with Crippen molar-refractivity contribution in [2.45, 2.75) is 25.1 Å². The third-order valence-electron chi connectivity index (χ3n) is 4.16. The molecule has 1 N–H and O–H groups in total. The summed E-state index contributed by atoms with van der Waals surface area (Å²) >= 11 is 0. The molecule has 1 aromatic carbocycles. The van der Waals surface area contributed by atoms with Crippen LogP contribution in [0.5, 0.6) is 5.75 Å². The van der Waals surface area contributed by atoms with Crippen LogP contribution in [0.1, 0.15) is 18.4 Å². The van der Waals surface area contributed by atoms with Crippen LogP contribution in [-0.2, 0) is 6.18 Å². The average Bonchev–Trinajstić information content (AvgIpc) is 2.90. The predicted octanol–water partition coefficient (Wildman–Crippen LogP) is 3.22. The maximum Gasteiger partial charge on any atom is 0.416 e. The molecule has 0 aromatic heterocycles. The fraction of sp³-hybridized carbons (Fsp3) is 0.571. The summed E-state index contributed by atoms with van der Waals surface area (Å²) in [6.07, 6.45) is -2.97. The zero-order valence-electron chi connectivity index (χ0n) is 10.7. The van der Waals surface area contributed by atoms with Gasteiger partial charge < -0.3 is 10.1 Å². The van der Waals surface area contributed by atoms with Crippen LogP contribution in [0.4, 0.5) is 17.6 Å². The molecule has 1 aliphatic carbocycles. The van der Waals surface area contributed by atoms with E-state index in [1.807, 2.05) is 0 Å². The first-order valence-corrected chi connectivity index (χ1v) is 6.67. The Morgan fingerprint density at radius 3 is 2.30 bits per heavy atom. The van der Waals surface area contributed by atoms with Crippen LogP contribution in [0.25, 0.3) is 0 Å². The van der Waals surface area contributed by atoms with Crippen LogP contribution in [0.2, 0.25) is 0 Å². The van der Waals surface area contributed by atoms with E-state index in [1.165, 1.54) is 0 Å². The number of alkyl halides is 3. The molecule has 0 bridgehead atoms. The molecule has 1 heterocycles. The van der Waals surface area contributed by atoms with E-state index in [4.69, 9.17) is 4.74 Å². The van der Waals surface area contributed by atoms with Crippen molar-refractivity contribution in [3.05, 3.63) is 29.6 Å². The van der Waals surface area contributed by atoms with Crippen LogP contribution in [0, 0.1) is 17.7 Å². The van der Waals surface area contributed by atoms with Gasteiger partial charge in [0.1, 0.15) is 0 Å². The van der Waals surface area contributed by atoms with E-state index < -0.39 is 17.6 Å². The number of ether oxygens (including phenoxy) is 1. The van der Waals surface area contributed by atoms with Gasteiger partial charge in [-0.3, -0.25) is 0 Å². The minimum atomic E-state index is -4.53. The predicted molar refractivity (Wildman–Crippen MR) is 64.9 cm³/mol.